The van der Waals surface area contributed by atoms with Crippen molar-refractivity contribution in [2.45, 2.75) is 64.8 Å². The summed E-state index contributed by atoms with van der Waals surface area (Å²) < 4.78 is 37.7. The van der Waals surface area contributed by atoms with Gasteiger partial charge in [0.25, 0.3) is 6.43 Å². The Labute approximate surface area is 177 Å². The molecule has 30 heavy (non-hydrogen) atoms. The maximum Gasteiger partial charge on any atom is 0.263 e. The van der Waals surface area contributed by atoms with Crippen LogP contribution in [-0.2, 0) is 15.9 Å². The van der Waals surface area contributed by atoms with Crippen molar-refractivity contribution in [2.75, 3.05) is 7.11 Å². The summed E-state index contributed by atoms with van der Waals surface area (Å²) in [6.07, 6.45) is -2.61. The summed E-state index contributed by atoms with van der Waals surface area (Å²) in [7, 11) is 1.59. The Bertz CT molecular complexity index is 943. The van der Waals surface area contributed by atoms with Crippen LogP contribution in [0.15, 0.2) is 48.2 Å². The smallest absolute Gasteiger partial charge is 0.263 e. The monoisotopic (exact) mass is 416 g/mol. The van der Waals surface area contributed by atoms with Crippen LogP contribution in [0.3, 0.4) is 0 Å². The second-order valence-corrected chi connectivity index (χ2v) is 8.71. The van der Waals surface area contributed by atoms with E-state index in [1.807, 2.05) is 45.9 Å². The minimum Gasteiger partial charge on any atom is -0.498 e. The Morgan fingerprint density at radius 2 is 1.63 bits per heavy atom. The fourth-order valence-electron chi connectivity index (χ4n) is 4.32. The van der Waals surface area contributed by atoms with Crippen molar-refractivity contribution in [1.82, 2.24) is 0 Å². The largest absolute Gasteiger partial charge is 0.498 e. The second-order valence-electron chi connectivity index (χ2n) is 8.71. The zero-order valence-corrected chi connectivity index (χ0v) is 18.4. The van der Waals surface area contributed by atoms with Crippen molar-refractivity contribution >= 4 is 5.57 Å². The molecule has 0 saturated carbocycles. The summed E-state index contributed by atoms with van der Waals surface area (Å²) in [6, 6.07) is 12.3. The zero-order chi connectivity index (χ0) is 22.3. The van der Waals surface area contributed by atoms with Gasteiger partial charge in [-0.25, -0.2) is 8.78 Å². The number of ether oxygens (including phenoxy) is 2. The maximum absolute atomic E-state index is 12.9. The molecule has 3 nitrogen and oxygen atoms in total. The van der Waals surface area contributed by atoms with E-state index in [0.717, 1.165) is 28.7 Å². The molecule has 1 N–H and O–H groups in total. The highest BCUT2D eigenvalue weighted by Crippen LogP contribution is 2.45. The number of rotatable bonds is 5. The lowest BCUT2D eigenvalue weighted by Gasteiger charge is -2.46. The zero-order valence-electron chi connectivity index (χ0n) is 18.4. The van der Waals surface area contributed by atoms with Gasteiger partial charge in [0.1, 0.15) is 17.5 Å². The number of alkyl halides is 2. The maximum atomic E-state index is 12.9. The number of aliphatic hydroxyl groups excluding tert-OH is 1. The van der Waals surface area contributed by atoms with Crippen LogP contribution in [0.25, 0.3) is 16.7 Å². The molecule has 1 atom stereocenters. The van der Waals surface area contributed by atoms with Crippen molar-refractivity contribution in [3.05, 3.63) is 64.9 Å². The molecule has 2 aromatic carbocycles. The first kappa shape index (κ1) is 22.4. The number of hydrogen-bond acceptors (Lipinski definition) is 3. The molecule has 0 aliphatic carbocycles. The van der Waals surface area contributed by atoms with Gasteiger partial charge in [0, 0.05) is 11.1 Å². The number of methoxy groups -OCH3 is 1. The third kappa shape index (κ3) is 4.01. The third-order valence-corrected chi connectivity index (χ3v) is 5.72. The summed E-state index contributed by atoms with van der Waals surface area (Å²) >= 11 is 0. The van der Waals surface area contributed by atoms with Crippen LogP contribution in [0.4, 0.5) is 8.78 Å². The van der Waals surface area contributed by atoms with E-state index in [-0.39, 0.29) is 5.56 Å². The van der Waals surface area contributed by atoms with E-state index >= 15 is 0 Å². The van der Waals surface area contributed by atoms with E-state index in [9.17, 15) is 13.9 Å². The van der Waals surface area contributed by atoms with Crippen LogP contribution in [0.2, 0.25) is 0 Å². The van der Waals surface area contributed by atoms with Gasteiger partial charge in [-0.15, -0.1) is 0 Å². The van der Waals surface area contributed by atoms with Gasteiger partial charge in [-0.3, -0.25) is 0 Å². The van der Waals surface area contributed by atoms with Crippen LogP contribution in [0.1, 0.15) is 57.7 Å². The lowest BCUT2D eigenvalue weighted by molar-refractivity contribution is -0.168. The quantitative estimate of drug-likeness (QED) is 0.634. The predicted molar refractivity (Wildman–Crippen MR) is 115 cm³/mol. The standard InChI is InChI=1S/C25H30F2O3/c1-7-15-8-13-18(16-9-11-17(12-10-16)23(26)27)14-19(15)20-21(28)24(2,3)30-25(4,5)22(20)29-6/h8-14,21,23,28H,7H2,1-6H3. The molecular formula is C25H30F2O3. The predicted octanol–water partition coefficient (Wildman–Crippen LogP) is 6.16. The first-order valence-corrected chi connectivity index (χ1v) is 10.2. The molecule has 0 fully saturated rings. The molecule has 1 heterocycles. The molecule has 1 aliphatic heterocycles. The number of halogens is 2. The highest BCUT2D eigenvalue weighted by molar-refractivity contribution is 5.79. The third-order valence-electron chi connectivity index (χ3n) is 5.72. The Morgan fingerprint density at radius 1 is 1.03 bits per heavy atom. The lowest BCUT2D eigenvalue weighted by Crippen LogP contribution is -2.52. The van der Waals surface area contributed by atoms with Crippen LogP contribution in [0, 0.1) is 0 Å². The topological polar surface area (TPSA) is 38.7 Å². The van der Waals surface area contributed by atoms with Gasteiger partial charge in [0.15, 0.2) is 0 Å². The number of hydrogen-bond donors (Lipinski definition) is 1. The summed E-state index contributed by atoms with van der Waals surface area (Å²) in [6.45, 7) is 9.65. The molecule has 0 radical (unpaired) electrons. The lowest BCUT2D eigenvalue weighted by atomic mass is 9.79. The van der Waals surface area contributed by atoms with Crippen LogP contribution in [0.5, 0.6) is 0 Å². The number of benzene rings is 2. The van der Waals surface area contributed by atoms with Gasteiger partial charge in [-0.05, 0) is 62.4 Å². The number of aliphatic hydroxyl groups is 1. The Hall–Kier alpha value is -2.24. The van der Waals surface area contributed by atoms with Crippen LogP contribution < -0.4 is 0 Å². The van der Waals surface area contributed by atoms with Gasteiger partial charge in [-0.1, -0.05) is 43.3 Å². The molecule has 0 spiro atoms. The SMILES string of the molecule is CCc1ccc(-c2ccc(C(F)F)cc2)cc1C1=C(OC)C(C)(C)OC(C)(C)C1O. The van der Waals surface area contributed by atoms with E-state index in [2.05, 4.69) is 6.92 Å². The van der Waals surface area contributed by atoms with E-state index in [1.54, 1.807) is 19.2 Å². The first-order chi connectivity index (χ1) is 14.0. The highest BCUT2D eigenvalue weighted by Gasteiger charge is 2.47. The molecular weight excluding hydrogens is 386 g/mol. The van der Waals surface area contributed by atoms with Gasteiger partial charge in [0.2, 0.25) is 0 Å². The minimum atomic E-state index is -2.49. The molecule has 3 rings (SSSR count). The van der Waals surface area contributed by atoms with Crippen molar-refractivity contribution < 1.29 is 23.4 Å². The van der Waals surface area contributed by atoms with Crippen LogP contribution in [-0.4, -0.2) is 29.5 Å². The van der Waals surface area contributed by atoms with Crippen molar-refractivity contribution in [2.24, 2.45) is 0 Å². The molecule has 1 unspecified atom stereocenters. The molecule has 0 bridgehead atoms. The van der Waals surface area contributed by atoms with Gasteiger partial charge in [-0.2, -0.15) is 0 Å². The Balaban J connectivity index is 2.21. The average molecular weight is 417 g/mol. The van der Waals surface area contributed by atoms with E-state index in [1.165, 1.54) is 12.1 Å². The van der Waals surface area contributed by atoms with E-state index < -0.39 is 23.7 Å². The summed E-state index contributed by atoms with van der Waals surface area (Å²) in [4.78, 5) is 0. The Morgan fingerprint density at radius 3 is 2.17 bits per heavy atom. The molecule has 162 valence electrons. The minimum absolute atomic E-state index is 0.00289. The van der Waals surface area contributed by atoms with Crippen molar-refractivity contribution in [1.29, 1.82) is 0 Å². The summed E-state index contributed by atoms with van der Waals surface area (Å²) in [5, 5.41) is 11.2. The summed E-state index contributed by atoms with van der Waals surface area (Å²) in [5.41, 5.74) is 2.87. The highest BCUT2D eigenvalue weighted by atomic mass is 19.3. The summed E-state index contributed by atoms with van der Waals surface area (Å²) in [5.74, 6) is 0.592. The second kappa shape index (κ2) is 8.12. The molecule has 0 amide bonds. The van der Waals surface area contributed by atoms with E-state index in [4.69, 9.17) is 9.47 Å². The number of aryl methyl sites for hydroxylation is 1. The Kier molecular flexibility index (Phi) is 6.08. The van der Waals surface area contributed by atoms with Gasteiger partial charge < -0.3 is 14.6 Å². The van der Waals surface area contributed by atoms with E-state index in [0.29, 0.717) is 11.3 Å². The van der Waals surface area contributed by atoms with Crippen LogP contribution >= 0.6 is 0 Å². The molecule has 2 aromatic rings. The van der Waals surface area contributed by atoms with Gasteiger partial charge in [0.05, 0.1) is 12.7 Å². The average Bonchev–Trinajstić information content (AvgIpc) is 2.69. The fourth-order valence-corrected chi connectivity index (χ4v) is 4.32. The normalized spacial score (nSPS) is 20.5. The first-order valence-electron chi connectivity index (χ1n) is 10.2. The molecule has 1 aliphatic rings. The molecule has 5 heteroatoms. The molecule has 0 aromatic heterocycles. The fraction of sp³-hybridized carbons (Fsp3) is 0.440. The molecule has 0 saturated heterocycles. The van der Waals surface area contributed by atoms with Crippen molar-refractivity contribution in [3.63, 3.8) is 0 Å². The van der Waals surface area contributed by atoms with Crippen molar-refractivity contribution in [3.8, 4) is 11.1 Å². The van der Waals surface area contributed by atoms with Gasteiger partial charge >= 0.3 is 0 Å².